The van der Waals surface area contributed by atoms with E-state index in [0.29, 0.717) is 28.9 Å². The number of H-pyrrole nitrogens is 1. The van der Waals surface area contributed by atoms with E-state index in [9.17, 15) is 9.90 Å². The topological polar surface area (TPSA) is 92.8 Å². The first-order valence-electron chi connectivity index (χ1n) is 11.9. The summed E-state index contributed by atoms with van der Waals surface area (Å²) in [5.41, 5.74) is 5.21. The monoisotopic (exact) mass is 501 g/mol. The van der Waals surface area contributed by atoms with Gasteiger partial charge in [0.25, 0.3) is 5.91 Å². The van der Waals surface area contributed by atoms with Gasteiger partial charge in [0.1, 0.15) is 0 Å². The van der Waals surface area contributed by atoms with Crippen LogP contribution in [-0.2, 0) is 0 Å². The lowest BCUT2D eigenvalue weighted by molar-refractivity contribution is 0.0956. The molecule has 0 spiro atoms. The zero-order chi connectivity index (χ0) is 25.5. The summed E-state index contributed by atoms with van der Waals surface area (Å²) < 4.78 is 2.22. The number of nitrogens with zero attached hydrogens (tertiary/aromatic N) is 2. The molecule has 0 fully saturated rings. The molecule has 7 nitrogen and oxygen atoms in total. The van der Waals surface area contributed by atoms with Gasteiger partial charge in [-0.3, -0.25) is 4.79 Å². The molecule has 0 aliphatic carbocycles. The van der Waals surface area contributed by atoms with Gasteiger partial charge in [0.2, 0.25) is 0 Å². The van der Waals surface area contributed by atoms with Gasteiger partial charge in [-0.05, 0) is 50.4 Å². The molecule has 186 valence electrons. The van der Waals surface area contributed by atoms with Crippen molar-refractivity contribution in [3.63, 3.8) is 0 Å². The predicted molar refractivity (Wildman–Crippen MR) is 151 cm³/mol. The molecule has 0 saturated carbocycles. The molecule has 1 amide bonds. The average molecular weight is 502 g/mol. The van der Waals surface area contributed by atoms with E-state index in [-0.39, 0.29) is 11.8 Å². The Morgan fingerprint density at radius 1 is 1.06 bits per heavy atom. The van der Waals surface area contributed by atoms with Crippen molar-refractivity contribution in [2.24, 2.45) is 4.99 Å². The van der Waals surface area contributed by atoms with Gasteiger partial charge in [0, 0.05) is 53.6 Å². The molecular formula is C28H31N5O2S. The van der Waals surface area contributed by atoms with Crippen LogP contribution in [0.1, 0.15) is 28.4 Å². The Kier molecular flexibility index (Phi) is 8.30. The number of aromatic amines is 1. The van der Waals surface area contributed by atoms with Crippen molar-refractivity contribution in [3.05, 3.63) is 89.5 Å². The third-order valence-electron chi connectivity index (χ3n) is 5.83. The second-order valence-electron chi connectivity index (χ2n) is 8.20. The van der Waals surface area contributed by atoms with E-state index < -0.39 is 0 Å². The highest BCUT2D eigenvalue weighted by Crippen LogP contribution is 2.32. The maximum absolute atomic E-state index is 12.3. The maximum Gasteiger partial charge on any atom is 0.251 e. The summed E-state index contributed by atoms with van der Waals surface area (Å²) >= 11 is 1.68. The van der Waals surface area contributed by atoms with Crippen LogP contribution in [0.15, 0.2) is 77.8 Å². The molecule has 1 aromatic heterocycles. The second-order valence-corrected chi connectivity index (χ2v) is 9.01. The fourth-order valence-corrected chi connectivity index (χ4v) is 4.66. The third-order valence-corrected chi connectivity index (χ3v) is 6.66. The summed E-state index contributed by atoms with van der Waals surface area (Å²) in [4.78, 5) is 20.3. The highest BCUT2D eigenvalue weighted by molar-refractivity contribution is 7.99. The number of aromatic hydroxyl groups is 1. The number of carbonyl (C=O) groups excluding carboxylic acids is 1. The van der Waals surface area contributed by atoms with E-state index in [4.69, 9.17) is 4.99 Å². The number of anilines is 1. The van der Waals surface area contributed by atoms with Crippen molar-refractivity contribution >= 4 is 45.8 Å². The summed E-state index contributed by atoms with van der Waals surface area (Å²) in [5.74, 6) is -0.140. The molecular weight excluding hydrogens is 470 g/mol. The van der Waals surface area contributed by atoms with E-state index in [0.717, 1.165) is 35.4 Å². The Labute approximate surface area is 215 Å². The van der Waals surface area contributed by atoms with Crippen LogP contribution in [0, 0.1) is 0 Å². The molecule has 0 unspecified atom stereocenters. The van der Waals surface area contributed by atoms with E-state index in [1.54, 1.807) is 24.1 Å². The number of aromatic nitrogens is 1. The Morgan fingerprint density at radius 3 is 2.47 bits per heavy atom. The van der Waals surface area contributed by atoms with Crippen molar-refractivity contribution in [2.75, 3.05) is 37.2 Å². The fraction of sp³-hybridized carbons (Fsp3) is 0.214. The normalized spacial score (nSPS) is 11.6. The van der Waals surface area contributed by atoms with Gasteiger partial charge in [0.15, 0.2) is 5.88 Å². The summed E-state index contributed by atoms with van der Waals surface area (Å²) in [6.45, 7) is 4.20. The Bertz CT molecular complexity index is 1350. The molecule has 3 aromatic carbocycles. The van der Waals surface area contributed by atoms with Crippen LogP contribution in [0.3, 0.4) is 0 Å². The van der Waals surface area contributed by atoms with Crippen molar-refractivity contribution in [1.29, 1.82) is 0 Å². The van der Waals surface area contributed by atoms with Crippen LogP contribution >= 0.6 is 11.9 Å². The van der Waals surface area contributed by atoms with Gasteiger partial charge in [-0.2, -0.15) is 0 Å². The highest BCUT2D eigenvalue weighted by Gasteiger charge is 2.20. The van der Waals surface area contributed by atoms with Crippen molar-refractivity contribution in [2.45, 2.75) is 6.92 Å². The van der Waals surface area contributed by atoms with Gasteiger partial charge in [0.05, 0.1) is 17.0 Å². The molecule has 0 saturated heterocycles. The summed E-state index contributed by atoms with van der Waals surface area (Å²) in [7, 11) is 1.95. The molecule has 0 aliphatic rings. The Morgan fingerprint density at radius 2 is 1.81 bits per heavy atom. The van der Waals surface area contributed by atoms with Crippen LogP contribution in [0.25, 0.3) is 10.9 Å². The molecule has 4 aromatic rings. The minimum absolute atomic E-state index is 0.0119. The lowest BCUT2D eigenvalue weighted by atomic mass is 10.00. The average Bonchev–Trinajstić information content (AvgIpc) is 3.23. The van der Waals surface area contributed by atoms with Crippen molar-refractivity contribution in [3.8, 4) is 5.88 Å². The number of carbonyl (C=O) groups is 1. The zero-order valence-corrected chi connectivity index (χ0v) is 21.5. The van der Waals surface area contributed by atoms with Crippen LogP contribution in [0.2, 0.25) is 0 Å². The lowest BCUT2D eigenvalue weighted by Gasteiger charge is -2.21. The van der Waals surface area contributed by atoms with Crippen molar-refractivity contribution < 1.29 is 9.90 Å². The number of hydrogen-bond donors (Lipinski definition) is 4. The number of benzene rings is 3. The number of rotatable bonds is 10. The minimum atomic E-state index is -0.152. The minimum Gasteiger partial charge on any atom is -0.494 e. The summed E-state index contributed by atoms with van der Waals surface area (Å²) in [6.07, 6.45) is 2.06. The summed E-state index contributed by atoms with van der Waals surface area (Å²) in [6, 6.07) is 23.3. The molecule has 4 rings (SSSR count). The first-order chi connectivity index (χ1) is 17.5. The number of fused-ring (bicyclic) bond motifs is 1. The van der Waals surface area contributed by atoms with Gasteiger partial charge in [-0.15, -0.1) is 0 Å². The van der Waals surface area contributed by atoms with E-state index >= 15 is 0 Å². The number of aliphatic imine (C=N–C) groups is 1. The molecule has 0 bridgehead atoms. The number of amides is 1. The quantitative estimate of drug-likeness (QED) is 0.179. The number of nitrogens with one attached hydrogen (secondary N) is 3. The fourth-order valence-electron chi connectivity index (χ4n) is 4.05. The molecule has 0 aliphatic heterocycles. The molecule has 8 heteroatoms. The highest BCUT2D eigenvalue weighted by atomic mass is 32.2. The standard InChI is InChI=1S/C28H31N5O2S/c1-4-30-27(34)20-10-15-23-24(18-20)32-28(35)25(23)26(19-8-6-5-7-9-19)31-21-11-13-22(14-12-21)33(36-3)17-16-29-2/h5-15,18,29,32,35H,4,16-17H2,1-3H3,(H,30,34). The molecule has 0 atom stereocenters. The van der Waals surface area contributed by atoms with Gasteiger partial charge in [-0.1, -0.05) is 48.3 Å². The van der Waals surface area contributed by atoms with Crippen LogP contribution < -0.4 is 14.9 Å². The largest absolute Gasteiger partial charge is 0.494 e. The van der Waals surface area contributed by atoms with Gasteiger partial charge < -0.3 is 25.0 Å². The Hall–Kier alpha value is -3.75. The Balaban J connectivity index is 1.77. The first-order valence-corrected chi connectivity index (χ1v) is 13.1. The molecule has 0 radical (unpaired) electrons. The smallest absolute Gasteiger partial charge is 0.251 e. The van der Waals surface area contributed by atoms with E-state index in [2.05, 4.69) is 38.3 Å². The molecule has 1 heterocycles. The zero-order valence-electron chi connectivity index (χ0n) is 20.7. The SMILES string of the molecule is CCNC(=O)c1ccc2c(C(=Nc3ccc(N(CCNC)SC)cc3)c3ccccc3)c(O)[nH]c2c1. The van der Waals surface area contributed by atoms with E-state index in [1.807, 2.05) is 62.5 Å². The third kappa shape index (κ3) is 5.56. The van der Waals surface area contributed by atoms with Crippen molar-refractivity contribution in [1.82, 2.24) is 15.6 Å². The predicted octanol–water partition coefficient (Wildman–Crippen LogP) is 5.10. The molecule has 36 heavy (non-hydrogen) atoms. The summed E-state index contributed by atoms with van der Waals surface area (Å²) in [5, 5.41) is 17.7. The first kappa shape index (κ1) is 25.3. The lowest BCUT2D eigenvalue weighted by Crippen LogP contribution is -2.24. The van der Waals surface area contributed by atoms with Crippen LogP contribution in [0.5, 0.6) is 5.88 Å². The van der Waals surface area contributed by atoms with Gasteiger partial charge in [-0.25, -0.2) is 4.99 Å². The number of hydrogen-bond acceptors (Lipinski definition) is 6. The molecule has 4 N–H and O–H groups in total. The van der Waals surface area contributed by atoms with E-state index in [1.165, 1.54) is 0 Å². The van der Waals surface area contributed by atoms with Gasteiger partial charge >= 0.3 is 0 Å². The van der Waals surface area contributed by atoms with Crippen LogP contribution in [-0.4, -0.2) is 54.6 Å². The second kappa shape index (κ2) is 11.8. The number of likely N-dealkylation sites (N-methyl/N-ethyl adjacent to an activating group) is 1. The maximum atomic E-state index is 12.3. The van der Waals surface area contributed by atoms with Crippen LogP contribution in [0.4, 0.5) is 11.4 Å².